The predicted octanol–water partition coefficient (Wildman–Crippen LogP) is 2.41. The van der Waals surface area contributed by atoms with Gasteiger partial charge in [0.25, 0.3) is 0 Å². The quantitative estimate of drug-likeness (QED) is 0.906. The van der Waals surface area contributed by atoms with Gasteiger partial charge in [0, 0.05) is 29.8 Å². The maximum atomic E-state index is 5.94. The fourth-order valence-electron chi connectivity index (χ4n) is 2.26. The van der Waals surface area contributed by atoms with E-state index in [4.69, 9.17) is 5.73 Å². The number of anilines is 1. The molecule has 0 spiro atoms. The van der Waals surface area contributed by atoms with Gasteiger partial charge in [0.1, 0.15) is 0 Å². The Morgan fingerprint density at radius 3 is 2.69 bits per heavy atom. The molecule has 0 amide bonds. The van der Waals surface area contributed by atoms with Crippen LogP contribution in [0.25, 0.3) is 0 Å². The molecule has 0 bridgehead atoms. The molecule has 2 N–H and O–H groups in total. The zero-order valence-electron chi connectivity index (χ0n) is 9.56. The minimum absolute atomic E-state index is 0.322. The number of nitrogens with zero attached hydrogens (tertiary/aromatic N) is 2. The first-order chi connectivity index (χ1) is 7.66. The minimum atomic E-state index is 0.322. The van der Waals surface area contributed by atoms with E-state index in [-0.39, 0.29) is 0 Å². The van der Waals surface area contributed by atoms with Crippen LogP contribution < -0.4 is 10.6 Å². The largest absolute Gasteiger partial charge is 0.370 e. The van der Waals surface area contributed by atoms with Crippen LogP contribution in [0, 0.1) is 5.92 Å². The monoisotopic (exact) mass is 283 g/mol. The summed E-state index contributed by atoms with van der Waals surface area (Å²) in [5.74, 6) is 0.677. The van der Waals surface area contributed by atoms with Crippen molar-refractivity contribution >= 4 is 21.6 Å². The van der Waals surface area contributed by atoms with Crippen molar-refractivity contribution in [2.75, 3.05) is 18.0 Å². The van der Waals surface area contributed by atoms with Crippen LogP contribution in [0.1, 0.15) is 19.8 Å². The highest BCUT2D eigenvalue weighted by atomic mass is 79.9. The summed E-state index contributed by atoms with van der Waals surface area (Å²) in [6, 6.07) is 2.45. The Bertz CT molecular complexity index is 346. The lowest BCUT2D eigenvalue weighted by Gasteiger charge is -2.35. The summed E-state index contributed by atoms with van der Waals surface area (Å²) < 4.78 is 1.04. The lowest BCUT2D eigenvalue weighted by molar-refractivity contribution is 0.354. The molecule has 4 heteroatoms. The van der Waals surface area contributed by atoms with Gasteiger partial charge in [-0.15, -0.1) is 0 Å². The maximum Gasteiger partial charge on any atom is 0.0564 e. The molecule has 1 atom stereocenters. The van der Waals surface area contributed by atoms with Crippen molar-refractivity contribution in [3.63, 3.8) is 0 Å². The van der Waals surface area contributed by atoms with E-state index >= 15 is 0 Å². The van der Waals surface area contributed by atoms with E-state index in [0.717, 1.165) is 17.6 Å². The molecular weight excluding hydrogens is 266 g/mol. The molecule has 1 aromatic heterocycles. The number of aromatic nitrogens is 1. The van der Waals surface area contributed by atoms with E-state index < -0.39 is 0 Å². The van der Waals surface area contributed by atoms with Crippen LogP contribution >= 0.6 is 15.9 Å². The van der Waals surface area contributed by atoms with Crippen LogP contribution in [0.2, 0.25) is 0 Å². The minimum Gasteiger partial charge on any atom is -0.370 e. The van der Waals surface area contributed by atoms with Gasteiger partial charge in [0.15, 0.2) is 0 Å². The van der Waals surface area contributed by atoms with Gasteiger partial charge in [0.2, 0.25) is 0 Å². The third-order valence-corrected chi connectivity index (χ3v) is 3.77. The Hall–Kier alpha value is -0.610. The van der Waals surface area contributed by atoms with E-state index in [2.05, 4.69) is 38.8 Å². The van der Waals surface area contributed by atoms with E-state index in [1.54, 1.807) is 0 Å². The molecular formula is C12H18BrN3. The smallest absolute Gasteiger partial charge is 0.0564 e. The van der Waals surface area contributed by atoms with E-state index in [9.17, 15) is 0 Å². The fourth-order valence-corrected chi connectivity index (χ4v) is 2.61. The molecule has 88 valence electrons. The van der Waals surface area contributed by atoms with E-state index in [1.807, 2.05) is 12.4 Å². The molecule has 1 fully saturated rings. The summed E-state index contributed by atoms with van der Waals surface area (Å²) in [7, 11) is 0. The molecule has 2 heterocycles. The summed E-state index contributed by atoms with van der Waals surface area (Å²) in [5, 5.41) is 0. The van der Waals surface area contributed by atoms with Crippen molar-refractivity contribution in [2.24, 2.45) is 11.7 Å². The molecule has 1 aliphatic rings. The third-order valence-electron chi connectivity index (χ3n) is 3.34. The van der Waals surface area contributed by atoms with Crippen LogP contribution in [0.3, 0.4) is 0 Å². The lowest BCUT2D eigenvalue weighted by atomic mass is 9.91. The molecule has 1 aromatic rings. The van der Waals surface area contributed by atoms with Gasteiger partial charge in [-0.1, -0.05) is 0 Å². The summed E-state index contributed by atoms with van der Waals surface area (Å²) >= 11 is 3.45. The SMILES string of the molecule is CC(N)C1CCN(c2cncc(Br)c2)CC1. The second-order valence-electron chi connectivity index (χ2n) is 4.54. The van der Waals surface area contributed by atoms with Gasteiger partial charge in [0.05, 0.1) is 11.9 Å². The second kappa shape index (κ2) is 5.15. The Morgan fingerprint density at radius 2 is 2.12 bits per heavy atom. The molecule has 16 heavy (non-hydrogen) atoms. The number of piperidine rings is 1. The summed E-state index contributed by atoms with van der Waals surface area (Å²) in [4.78, 5) is 6.59. The molecule has 0 aromatic carbocycles. The number of nitrogens with two attached hydrogens (primary N) is 1. The third kappa shape index (κ3) is 2.74. The zero-order chi connectivity index (χ0) is 11.5. The van der Waals surface area contributed by atoms with Crippen LogP contribution in [0.4, 0.5) is 5.69 Å². The van der Waals surface area contributed by atoms with Gasteiger partial charge < -0.3 is 10.6 Å². The maximum absolute atomic E-state index is 5.94. The van der Waals surface area contributed by atoms with Crippen molar-refractivity contribution < 1.29 is 0 Å². The van der Waals surface area contributed by atoms with Crippen molar-refractivity contribution in [2.45, 2.75) is 25.8 Å². The van der Waals surface area contributed by atoms with Crippen molar-refractivity contribution in [3.8, 4) is 0 Å². The summed E-state index contributed by atoms with van der Waals surface area (Å²) in [6.45, 7) is 4.29. The fraction of sp³-hybridized carbons (Fsp3) is 0.583. The van der Waals surface area contributed by atoms with Crippen LogP contribution in [0.15, 0.2) is 22.9 Å². The first kappa shape index (κ1) is 11.9. The number of halogens is 1. The Kier molecular flexibility index (Phi) is 3.82. The highest BCUT2D eigenvalue weighted by Gasteiger charge is 2.22. The highest BCUT2D eigenvalue weighted by molar-refractivity contribution is 9.10. The van der Waals surface area contributed by atoms with E-state index in [1.165, 1.54) is 18.5 Å². The molecule has 0 radical (unpaired) electrons. The Balaban J connectivity index is 1.99. The van der Waals surface area contributed by atoms with Crippen LogP contribution in [-0.2, 0) is 0 Å². The Labute approximate surface area is 105 Å². The van der Waals surface area contributed by atoms with Gasteiger partial charge in [-0.05, 0) is 47.7 Å². The van der Waals surface area contributed by atoms with Crippen molar-refractivity contribution in [1.82, 2.24) is 4.98 Å². The van der Waals surface area contributed by atoms with Crippen LogP contribution in [0.5, 0.6) is 0 Å². The molecule has 1 unspecified atom stereocenters. The van der Waals surface area contributed by atoms with Crippen molar-refractivity contribution in [1.29, 1.82) is 0 Å². The van der Waals surface area contributed by atoms with Crippen LogP contribution in [-0.4, -0.2) is 24.1 Å². The summed E-state index contributed by atoms with van der Waals surface area (Å²) in [6.07, 6.45) is 6.11. The molecule has 1 saturated heterocycles. The average Bonchev–Trinajstić information content (AvgIpc) is 2.29. The molecule has 0 aliphatic carbocycles. The molecule has 0 saturated carbocycles. The predicted molar refractivity (Wildman–Crippen MR) is 70.5 cm³/mol. The number of hydrogen-bond acceptors (Lipinski definition) is 3. The molecule has 1 aliphatic heterocycles. The standard InChI is InChI=1S/C12H18BrN3/c1-9(14)10-2-4-16(5-3-10)12-6-11(13)7-15-8-12/h6-10H,2-5,14H2,1H3. The second-order valence-corrected chi connectivity index (χ2v) is 5.46. The average molecular weight is 284 g/mol. The topological polar surface area (TPSA) is 42.1 Å². The zero-order valence-corrected chi connectivity index (χ0v) is 11.2. The highest BCUT2D eigenvalue weighted by Crippen LogP contribution is 2.25. The summed E-state index contributed by atoms with van der Waals surface area (Å²) in [5.41, 5.74) is 7.14. The van der Waals surface area contributed by atoms with Gasteiger partial charge in [-0.2, -0.15) is 0 Å². The molecule has 2 rings (SSSR count). The normalized spacial score (nSPS) is 19.8. The lowest BCUT2D eigenvalue weighted by Crippen LogP contribution is -2.39. The van der Waals surface area contributed by atoms with Gasteiger partial charge in [-0.3, -0.25) is 4.98 Å². The number of rotatable bonds is 2. The Morgan fingerprint density at radius 1 is 1.44 bits per heavy atom. The van der Waals surface area contributed by atoms with E-state index in [0.29, 0.717) is 12.0 Å². The molecule has 3 nitrogen and oxygen atoms in total. The first-order valence-corrected chi connectivity index (χ1v) is 6.57. The van der Waals surface area contributed by atoms with Gasteiger partial charge in [-0.25, -0.2) is 0 Å². The first-order valence-electron chi connectivity index (χ1n) is 5.78. The number of pyridine rings is 1. The van der Waals surface area contributed by atoms with Crippen molar-refractivity contribution in [3.05, 3.63) is 22.9 Å². The number of hydrogen-bond donors (Lipinski definition) is 1. The van der Waals surface area contributed by atoms with Gasteiger partial charge >= 0.3 is 0 Å².